The fraction of sp³-hybridized carbons (Fsp3) is 0.900. The lowest BCUT2D eigenvalue weighted by Gasteiger charge is -2.58. The van der Waals surface area contributed by atoms with E-state index in [0.29, 0.717) is 24.5 Å². The number of amides is 2. The van der Waals surface area contributed by atoms with Crippen molar-refractivity contribution in [1.29, 1.82) is 0 Å². The first-order valence-electron chi connectivity index (χ1n) is 10.3. The summed E-state index contributed by atoms with van der Waals surface area (Å²) in [5, 5.41) is 9.29. The molecule has 6 heteroatoms. The van der Waals surface area contributed by atoms with Gasteiger partial charge in [0.05, 0.1) is 0 Å². The number of likely N-dealkylation sites (tertiary alicyclic amines) is 2. The highest BCUT2D eigenvalue weighted by Crippen LogP contribution is 2.56. The van der Waals surface area contributed by atoms with Crippen LogP contribution < -0.4 is 0 Å². The van der Waals surface area contributed by atoms with Crippen molar-refractivity contribution in [2.45, 2.75) is 77.9 Å². The highest BCUT2D eigenvalue weighted by atomic mass is 16.4. The van der Waals surface area contributed by atoms with Crippen LogP contribution in [0.5, 0.6) is 0 Å². The first kappa shape index (κ1) is 19.5. The maximum Gasteiger partial charge on any atom is 0.407 e. The van der Waals surface area contributed by atoms with Crippen molar-refractivity contribution in [3.05, 3.63) is 0 Å². The van der Waals surface area contributed by atoms with Crippen LogP contribution in [-0.4, -0.2) is 76.1 Å². The van der Waals surface area contributed by atoms with Crippen molar-refractivity contribution in [3.8, 4) is 0 Å². The van der Waals surface area contributed by atoms with Crippen molar-refractivity contribution in [2.24, 2.45) is 11.3 Å². The quantitative estimate of drug-likeness (QED) is 0.832. The number of piperidine rings is 1. The molecule has 26 heavy (non-hydrogen) atoms. The first-order chi connectivity index (χ1) is 12.3. The predicted molar refractivity (Wildman–Crippen MR) is 101 cm³/mol. The van der Waals surface area contributed by atoms with Gasteiger partial charge in [0, 0.05) is 51.2 Å². The van der Waals surface area contributed by atoms with Crippen LogP contribution in [-0.2, 0) is 4.79 Å². The lowest BCUT2D eigenvalue weighted by molar-refractivity contribution is -0.135. The molecule has 1 saturated carbocycles. The Balaban J connectivity index is 1.57. The summed E-state index contributed by atoms with van der Waals surface area (Å²) in [6.07, 6.45) is 4.64. The van der Waals surface area contributed by atoms with E-state index in [0.717, 1.165) is 51.7 Å². The van der Waals surface area contributed by atoms with Gasteiger partial charge in [0.25, 0.3) is 0 Å². The minimum atomic E-state index is -0.765. The minimum Gasteiger partial charge on any atom is -0.465 e. The van der Waals surface area contributed by atoms with Crippen molar-refractivity contribution in [2.75, 3.05) is 26.2 Å². The summed E-state index contributed by atoms with van der Waals surface area (Å²) in [7, 11) is 0. The number of hydrogen-bond acceptors (Lipinski definition) is 3. The molecule has 0 aromatic rings. The number of rotatable bonds is 4. The third-order valence-electron chi connectivity index (χ3n) is 7.24. The smallest absolute Gasteiger partial charge is 0.407 e. The number of carbonyl (C=O) groups is 2. The van der Waals surface area contributed by atoms with Gasteiger partial charge in [-0.15, -0.1) is 0 Å². The van der Waals surface area contributed by atoms with Crippen LogP contribution >= 0.6 is 0 Å². The minimum absolute atomic E-state index is 0.187. The van der Waals surface area contributed by atoms with E-state index in [1.165, 1.54) is 0 Å². The second kappa shape index (κ2) is 7.37. The highest BCUT2D eigenvalue weighted by Gasteiger charge is 2.58. The van der Waals surface area contributed by atoms with Crippen LogP contribution in [0.4, 0.5) is 4.79 Å². The lowest BCUT2D eigenvalue weighted by Crippen LogP contribution is -2.62. The van der Waals surface area contributed by atoms with Gasteiger partial charge in [0.2, 0.25) is 5.91 Å². The molecule has 0 aromatic carbocycles. The Morgan fingerprint density at radius 3 is 2.35 bits per heavy atom. The third kappa shape index (κ3) is 3.32. The summed E-state index contributed by atoms with van der Waals surface area (Å²) < 4.78 is 0. The van der Waals surface area contributed by atoms with E-state index >= 15 is 0 Å². The number of nitrogens with zero attached hydrogens (tertiary/aromatic N) is 3. The Morgan fingerprint density at radius 1 is 1.23 bits per heavy atom. The maximum atomic E-state index is 12.0. The molecule has 148 valence electrons. The van der Waals surface area contributed by atoms with Crippen molar-refractivity contribution in [1.82, 2.24) is 14.7 Å². The molecule has 0 aromatic heterocycles. The molecule has 3 aliphatic rings. The highest BCUT2D eigenvalue weighted by molar-refractivity contribution is 5.74. The van der Waals surface area contributed by atoms with Gasteiger partial charge in [0.1, 0.15) is 0 Å². The monoisotopic (exact) mass is 365 g/mol. The molecule has 1 spiro atoms. The van der Waals surface area contributed by atoms with Crippen LogP contribution in [0, 0.1) is 11.3 Å². The fourth-order valence-corrected chi connectivity index (χ4v) is 6.11. The van der Waals surface area contributed by atoms with Gasteiger partial charge in [0.15, 0.2) is 0 Å². The molecule has 6 nitrogen and oxygen atoms in total. The molecule has 2 heterocycles. The van der Waals surface area contributed by atoms with E-state index < -0.39 is 6.09 Å². The van der Waals surface area contributed by atoms with E-state index in [9.17, 15) is 14.7 Å². The normalized spacial score (nSPS) is 32.9. The molecular weight excluding hydrogens is 330 g/mol. The molecule has 0 radical (unpaired) electrons. The van der Waals surface area contributed by atoms with Gasteiger partial charge in [-0.3, -0.25) is 9.69 Å². The van der Waals surface area contributed by atoms with Crippen LogP contribution in [0.2, 0.25) is 0 Å². The molecule has 2 aliphatic heterocycles. The van der Waals surface area contributed by atoms with Crippen LogP contribution in [0.1, 0.15) is 59.8 Å². The van der Waals surface area contributed by atoms with Crippen molar-refractivity contribution >= 4 is 12.0 Å². The van der Waals surface area contributed by atoms with Crippen LogP contribution in [0.15, 0.2) is 0 Å². The molecule has 1 N–H and O–H groups in total. The first-order valence-corrected chi connectivity index (χ1v) is 10.3. The van der Waals surface area contributed by atoms with E-state index in [4.69, 9.17) is 0 Å². The fourth-order valence-electron chi connectivity index (χ4n) is 6.11. The molecule has 2 saturated heterocycles. The molecule has 0 bridgehead atoms. The Morgan fingerprint density at radius 2 is 1.88 bits per heavy atom. The van der Waals surface area contributed by atoms with Gasteiger partial charge in [-0.05, 0) is 50.9 Å². The molecule has 2 amide bonds. The molecule has 3 atom stereocenters. The Kier molecular flexibility index (Phi) is 5.52. The number of hydrogen-bond donors (Lipinski definition) is 1. The van der Waals surface area contributed by atoms with Crippen molar-refractivity contribution < 1.29 is 14.7 Å². The average Bonchev–Trinajstić information content (AvgIpc) is 3.01. The molecule has 3 rings (SSSR count). The summed E-state index contributed by atoms with van der Waals surface area (Å²) in [5.41, 5.74) is 0.220. The molecule has 3 unspecified atom stereocenters. The zero-order chi connectivity index (χ0) is 19.1. The maximum absolute atomic E-state index is 12.0. The Bertz CT molecular complexity index is 544. The van der Waals surface area contributed by atoms with Gasteiger partial charge >= 0.3 is 6.09 Å². The number of carboxylic acid groups (broad SMARTS) is 1. The predicted octanol–water partition coefficient (Wildman–Crippen LogP) is 2.88. The van der Waals surface area contributed by atoms with E-state index in [1.54, 1.807) is 11.8 Å². The van der Waals surface area contributed by atoms with Crippen LogP contribution in [0.3, 0.4) is 0 Å². The molecule has 1 aliphatic carbocycles. The Labute approximate surface area is 157 Å². The zero-order valence-corrected chi connectivity index (χ0v) is 16.8. The largest absolute Gasteiger partial charge is 0.465 e. The van der Waals surface area contributed by atoms with Gasteiger partial charge in [-0.25, -0.2) is 4.79 Å². The summed E-state index contributed by atoms with van der Waals surface area (Å²) >= 11 is 0. The third-order valence-corrected chi connectivity index (χ3v) is 7.24. The number of carbonyl (C=O) groups excluding carboxylic acids is 1. The average molecular weight is 366 g/mol. The van der Waals surface area contributed by atoms with E-state index in [2.05, 4.69) is 30.6 Å². The second-order valence-corrected chi connectivity index (χ2v) is 8.89. The summed E-state index contributed by atoms with van der Waals surface area (Å²) in [6, 6.07) is 1.23. The second-order valence-electron chi connectivity index (χ2n) is 8.89. The summed E-state index contributed by atoms with van der Waals surface area (Å²) in [6.45, 7) is 11.7. The van der Waals surface area contributed by atoms with Gasteiger partial charge in [-0.2, -0.15) is 0 Å². The molecular formula is C20H35N3O3. The van der Waals surface area contributed by atoms with Crippen molar-refractivity contribution in [3.63, 3.8) is 0 Å². The summed E-state index contributed by atoms with van der Waals surface area (Å²) in [5.74, 6) is 0.796. The SMILES string of the molecule is CCC1C(N2CCC(N(C(C)=O)C(C)C)CC2)CC12CCN(C(=O)O)C2. The van der Waals surface area contributed by atoms with E-state index in [1.807, 2.05) is 0 Å². The zero-order valence-electron chi connectivity index (χ0n) is 16.8. The molecule has 3 fully saturated rings. The standard InChI is InChI=1S/C20H35N3O3/c1-5-17-18(12-20(17)8-11-22(13-20)19(25)26)21-9-6-16(7-10-21)23(14(2)3)15(4)24/h14,16-18H,5-13H2,1-4H3,(H,25,26). The van der Waals surface area contributed by atoms with E-state index in [-0.39, 0.29) is 17.4 Å². The summed E-state index contributed by atoms with van der Waals surface area (Å²) in [4.78, 5) is 29.6. The van der Waals surface area contributed by atoms with Gasteiger partial charge in [-0.1, -0.05) is 13.3 Å². The van der Waals surface area contributed by atoms with Gasteiger partial charge < -0.3 is 14.9 Å². The Hall–Kier alpha value is -1.30. The lowest BCUT2D eigenvalue weighted by atomic mass is 9.54. The topological polar surface area (TPSA) is 64.1 Å². The van der Waals surface area contributed by atoms with Crippen LogP contribution in [0.25, 0.3) is 0 Å².